The molecule has 4 N–H and O–H groups in total. The van der Waals surface area contributed by atoms with Gasteiger partial charge >= 0.3 is 12.0 Å². The van der Waals surface area contributed by atoms with Crippen LogP contribution < -0.4 is 16.0 Å². The minimum absolute atomic E-state index is 0.170. The van der Waals surface area contributed by atoms with Gasteiger partial charge in [0.05, 0.1) is 6.54 Å². The van der Waals surface area contributed by atoms with Crippen LogP contribution in [0.5, 0.6) is 0 Å². The van der Waals surface area contributed by atoms with Gasteiger partial charge in [0, 0.05) is 13.5 Å². The van der Waals surface area contributed by atoms with Crippen molar-refractivity contribution in [1.29, 1.82) is 0 Å². The number of benzene rings is 1. The third-order valence-corrected chi connectivity index (χ3v) is 2.57. The Labute approximate surface area is 116 Å². The first-order valence-corrected chi connectivity index (χ1v) is 6.04. The van der Waals surface area contributed by atoms with Crippen molar-refractivity contribution < 1.29 is 19.5 Å². The maximum atomic E-state index is 11.5. The lowest BCUT2D eigenvalue weighted by Crippen LogP contribution is -2.49. The molecule has 1 atom stereocenters. The molecule has 0 saturated carbocycles. The van der Waals surface area contributed by atoms with Crippen molar-refractivity contribution in [2.75, 3.05) is 13.6 Å². The molecule has 1 aromatic carbocycles. The van der Waals surface area contributed by atoms with Gasteiger partial charge in [0.1, 0.15) is 6.04 Å². The zero-order chi connectivity index (χ0) is 15.0. The Kier molecular flexibility index (Phi) is 6.02. The second-order valence-electron chi connectivity index (χ2n) is 4.08. The summed E-state index contributed by atoms with van der Waals surface area (Å²) < 4.78 is 0. The molecule has 0 aliphatic heterocycles. The molecule has 0 bridgehead atoms. The summed E-state index contributed by atoms with van der Waals surface area (Å²) in [6.45, 7) is -0.208. The molecule has 0 heterocycles. The Balaban J connectivity index is 2.53. The van der Waals surface area contributed by atoms with Gasteiger partial charge in [-0.15, -0.1) is 0 Å². The number of amides is 3. The number of hydrogen-bond donors (Lipinski definition) is 4. The lowest BCUT2D eigenvalue weighted by Gasteiger charge is -2.15. The lowest BCUT2D eigenvalue weighted by atomic mass is 10.1. The van der Waals surface area contributed by atoms with Gasteiger partial charge in [-0.05, 0) is 5.56 Å². The van der Waals surface area contributed by atoms with Crippen LogP contribution in [0.2, 0.25) is 0 Å². The van der Waals surface area contributed by atoms with E-state index in [1.165, 1.54) is 7.05 Å². The average Bonchev–Trinajstić information content (AvgIpc) is 2.45. The maximum absolute atomic E-state index is 11.5. The quantitative estimate of drug-likeness (QED) is 0.574. The van der Waals surface area contributed by atoms with E-state index in [1.54, 1.807) is 24.3 Å². The molecule has 0 aromatic heterocycles. The lowest BCUT2D eigenvalue weighted by molar-refractivity contribution is -0.139. The van der Waals surface area contributed by atoms with Crippen molar-refractivity contribution in [1.82, 2.24) is 16.0 Å². The molecule has 1 rings (SSSR count). The fourth-order valence-electron chi connectivity index (χ4n) is 1.51. The number of carboxylic acid groups (broad SMARTS) is 1. The summed E-state index contributed by atoms with van der Waals surface area (Å²) in [7, 11) is 1.44. The van der Waals surface area contributed by atoms with Crippen molar-refractivity contribution >= 4 is 17.9 Å². The van der Waals surface area contributed by atoms with Crippen LogP contribution in [0.3, 0.4) is 0 Å². The van der Waals surface area contributed by atoms with Crippen LogP contribution in [0.15, 0.2) is 30.3 Å². The van der Waals surface area contributed by atoms with Gasteiger partial charge in [-0.3, -0.25) is 4.79 Å². The summed E-state index contributed by atoms with van der Waals surface area (Å²) in [6.07, 6.45) is 0.170. The predicted octanol–water partition coefficient (Wildman–Crippen LogP) is -0.272. The van der Waals surface area contributed by atoms with E-state index in [9.17, 15) is 14.4 Å². The van der Waals surface area contributed by atoms with Crippen LogP contribution in [-0.4, -0.2) is 42.6 Å². The third-order valence-electron chi connectivity index (χ3n) is 2.57. The highest BCUT2D eigenvalue weighted by atomic mass is 16.4. The van der Waals surface area contributed by atoms with Gasteiger partial charge in [-0.2, -0.15) is 0 Å². The fourth-order valence-corrected chi connectivity index (χ4v) is 1.51. The van der Waals surface area contributed by atoms with Gasteiger partial charge in [0.25, 0.3) is 0 Å². The zero-order valence-electron chi connectivity index (χ0n) is 11.1. The molecule has 108 valence electrons. The van der Waals surface area contributed by atoms with Crippen LogP contribution >= 0.6 is 0 Å². The molecule has 1 unspecified atom stereocenters. The van der Waals surface area contributed by atoms with Gasteiger partial charge < -0.3 is 21.1 Å². The van der Waals surface area contributed by atoms with Gasteiger partial charge in [-0.1, -0.05) is 30.3 Å². The summed E-state index contributed by atoms with van der Waals surface area (Å²) in [6, 6.07) is 7.21. The van der Waals surface area contributed by atoms with Crippen molar-refractivity contribution in [3.05, 3.63) is 35.9 Å². The SMILES string of the molecule is CNC(=O)CNC(=O)NC(Cc1ccccc1)C(=O)O. The number of rotatable bonds is 6. The van der Waals surface area contributed by atoms with Crippen LogP contribution in [0, 0.1) is 0 Å². The Bertz CT molecular complexity index is 476. The van der Waals surface area contributed by atoms with Crippen LogP contribution in [0.1, 0.15) is 5.56 Å². The molecule has 3 amide bonds. The van der Waals surface area contributed by atoms with E-state index in [4.69, 9.17) is 5.11 Å². The van der Waals surface area contributed by atoms with Crippen LogP contribution in [0.25, 0.3) is 0 Å². The van der Waals surface area contributed by atoms with E-state index in [0.29, 0.717) is 0 Å². The highest BCUT2D eigenvalue weighted by Gasteiger charge is 2.20. The molecule has 0 radical (unpaired) electrons. The van der Waals surface area contributed by atoms with E-state index >= 15 is 0 Å². The molecular formula is C13H17N3O4. The summed E-state index contributed by atoms with van der Waals surface area (Å²) in [4.78, 5) is 33.6. The van der Waals surface area contributed by atoms with E-state index in [1.807, 2.05) is 6.07 Å². The van der Waals surface area contributed by atoms with Crippen molar-refractivity contribution in [3.63, 3.8) is 0 Å². The summed E-state index contributed by atoms with van der Waals surface area (Å²) in [5.41, 5.74) is 0.798. The minimum Gasteiger partial charge on any atom is -0.480 e. The third kappa shape index (κ3) is 5.38. The summed E-state index contributed by atoms with van der Waals surface area (Å²) in [5, 5.41) is 16.0. The molecule has 7 nitrogen and oxygen atoms in total. The van der Waals surface area contributed by atoms with Gasteiger partial charge in [0.15, 0.2) is 0 Å². The number of urea groups is 1. The molecule has 0 aliphatic carbocycles. The second kappa shape index (κ2) is 7.78. The van der Waals surface area contributed by atoms with Crippen molar-refractivity contribution in [2.24, 2.45) is 0 Å². The minimum atomic E-state index is -1.14. The van der Waals surface area contributed by atoms with E-state index < -0.39 is 18.0 Å². The first kappa shape index (κ1) is 15.5. The second-order valence-corrected chi connectivity index (χ2v) is 4.08. The first-order chi connectivity index (χ1) is 9.52. The van der Waals surface area contributed by atoms with Crippen LogP contribution in [-0.2, 0) is 16.0 Å². The Morgan fingerprint density at radius 3 is 2.40 bits per heavy atom. The largest absolute Gasteiger partial charge is 0.480 e. The number of aliphatic carboxylic acids is 1. The monoisotopic (exact) mass is 279 g/mol. The molecular weight excluding hydrogens is 262 g/mol. The normalized spacial score (nSPS) is 11.2. The molecule has 0 fully saturated rings. The summed E-state index contributed by atoms with van der Waals surface area (Å²) in [5.74, 6) is -1.50. The highest BCUT2D eigenvalue weighted by molar-refractivity contribution is 5.86. The number of nitrogens with one attached hydrogen (secondary N) is 3. The molecule has 0 spiro atoms. The zero-order valence-corrected chi connectivity index (χ0v) is 11.1. The van der Waals surface area contributed by atoms with E-state index in [0.717, 1.165) is 5.56 Å². The molecule has 1 aromatic rings. The van der Waals surface area contributed by atoms with Crippen molar-refractivity contribution in [3.8, 4) is 0 Å². The Hall–Kier alpha value is -2.57. The maximum Gasteiger partial charge on any atom is 0.326 e. The number of carbonyl (C=O) groups is 3. The molecule has 0 aliphatic rings. The molecule has 20 heavy (non-hydrogen) atoms. The molecule has 0 saturated heterocycles. The summed E-state index contributed by atoms with van der Waals surface area (Å²) >= 11 is 0. The van der Waals surface area contributed by atoms with Crippen LogP contribution in [0.4, 0.5) is 4.79 Å². The van der Waals surface area contributed by atoms with Gasteiger partial charge in [-0.25, -0.2) is 9.59 Å². The van der Waals surface area contributed by atoms with E-state index in [2.05, 4.69) is 16.0 Å². The van der Waals surface area contributed by atoms with Gasteiger partial charge in [0.2, 0.25) is 5.91 Å². The number of likely N-dealkylation sites (N-methyl/N-ethyl adjacent to an activating group) is 1. The number of carbonyl (C=O) groups excluding carboxylic acids is 2. The fraction of sp³-hybridized carbons (Fsp3) is 0.308. The molecule has 7 heteroatoms. The highest BCUT2D eigenvalue weighted by Crippen LogP contribution is 2.03. The van der Waals surface area contributed by atoms with E-state index in [-0.39, 0.29) is 18.9 Å². The first-order valence-electron chi connectivity index (χ1n) is 6.04. The smallest absolute Gasteiger partial charge is 0.326 e. The predicted molar refractivity (Wildman–Crippen MR) is 72.2 cm³/mol. The van der Waals surface area contributed by atoms with Crippen molar-refractivity contribution in [2.45, 2.75) is 12.5 Å². The number of hydrogen-bond acceptors (Lipinski definition) is 3. The Morgan fingerprint density at radius 1 is 1.20 bits per heavy atom. The number of carboxylic acids is 1. The Morgan fingerprint density at radius 2 is 1.85 bits per heavy atom. The standard InChI is InChI=1S/C13H17N3O4/c1-14-11(17)8-15-13(20)16-10(12(18)19)7-9-5-3-2-4-6-9/h2-6,10H,7-8H2,1H3,(H,14,17)(H,18,19)(H2,15,16,20). The average molecular weight is 279 g/mol. The topological polar surface area (TPSA) is 108 Å².